The van der Waals surface area contributed by atoms with Crippen LogP contribution in [0.1, 0.15) is 21.5 Å². The molecule has 0 bridgehead atoms. The Kier molecular flexibility index (Phi) is 7.12. The highest BCUT2D eigenvalue weighted by Gasteiger charge is 2.18. The second-order valence-electron chi connectivity index (χ2n) is 7.92. The van der Waals surface area contributed by atoms with Gasteiger partial charge in [-0.3, -0.25) is 9.52 Å². The molecule has 0 aliphatic heterocycles. The van der Waals surface area contributed by atoms with E-state index in [1.54, 1.807) is 42.5 Å². The molecule has 0 saturated carbocycles. The Bertz CT molecular complexity index is 1520. The highest BCUT2D eigenvalue weighted by Crippen LogP contribution is 2.26. The zero-order valence-corrected chi connectivity index (χ0v) is 20.2. The van der Waals surface area contributed by atoms with Gasteiger partial charge in [0.05, 0.1) is 17.7 Å². The van der Waals surface area contributed by atoms with Crippen molar-refractivity contribution in [2.24, 2.45) is 4.99 Å². The van der Waals surface area contributed by atoms with Gasteiger partial charge < -0.3 is 9.30 Å². The van der Waals surface area contributed by atoms with Crippen molar-refractivity contribution in [1.82, 2.24) is 4.57 Å². The quantitative estimate of drug-likeness (QED) is 0.419. The van der Waals surface area contributed by atoms with Crippen LogP contribution in [0.25, 0.3) is 0 Å². The number of aromatic nitrogens is 1. The van der Waals surface area contributed by atoms with Gasteiger partial charge in [-0.15, -0.1) is 0 Å². The van der Waals surface area contributed by atoms with E-state index in [9.17, 15) is 13.2 Å². The number of aryl methyl sites for hydroxylation is 1. The van der Waals surface area contributed by atoms with Crippen LogP contribution in [0.15, 0.2) is 107 Å². The molecule has 8 heteroatoms. The zero-order chi connectivity index (χ0) is 24.8. The number of para-hydroxylation sites is 2. The summed E-state index contributed by atoms with van der Waals surface area (Å²) in [5.74, 6) is -0.149. The van der Waals surface area contributed by atoms with Gasteiger partial charge in [-0.05, 0) is 55.0 Å². The Morgan fingerprint density at radius 2 is 1.69 bits per heavy atom. The minimum absolute atomic E-state index is 0.0509. The average molecular weight is 488 g/mol. The molecule has 1 N–H and O–H groups in total. The third-order valence-corrected chi connectivity index (χ3v) is 6.71. The number of nitrogens with one attached hydrogen (secondary N) is 1. The van der Waals surface area contributed by atoms with E-state index in [0.717, 1.165) is 5.56 Å². The van der Waals surface area contributed by atoms with Crippen LogP contribution in [0.4, 0.5) is 5.69 Å². The van der Waals surface area contributed by atoms with Gasteiger partial charge in [0.2, 0.25) is 0 Å². The molecule has 178 valence electrons. The molecule has 1 amide bonds. The summed E-state index contributed by atoms with van der Waals surface area (Å²) in [6.07, 6.45) is 1.85. The van der Waals surface area contributed by atoms with Gasteiger partial charge in [-0.2, -0.15) is 4.99 Å². The molecule has 0 aliphatic rings. The summed E-state index contributed by atoms with van der Waals surface area (Å²) < 4.78 is 35.5. The first-order chi connectivity index (χ1) is 16.9. The number of carbonyl (C=O) groups is 1. The number of hydrogen-bond donors (Lipinski definition) is 1. The fourth-order valence-electron chi connectivity index (χ4n) is 3.49. The molecule has 0 unspecified atom stereocenters. The maximum absolute atomic E-state index is 13.0. The molecule has 0 fully saturated rings. The van der Waals surface area contributed by atoms with E-state index in [-0.39, 0.29) is 10.5 Å². The predicted molar refractivity (Wildman–Crippen MR) is 135 cm³/mol. The first-order valence-electron chi connectivity index (χ1n) is 10.9. The molecule has 0 saturated heterocycles. The van der Waals surface area contributed by atoms with E-state index in [0.29, 0.717) is 23.5 Å². The SMILES string of the molecule is COc1ccccc1NS(=O)(=O)c1cccc(C(=O)N=c2ccccn2Cc2ccc(C)cc2)c1. The van der Waals surface area contributed by atoms with Crippen molar-refractivity contribution in [2.45, 2.75) is 18.4 Å². The molecular weight excluding hydrogens is 462 g/mol. The molecule has 0 radical (unpaired) electrons. The van der Waals surface area contributed by atoms with Crippen molar-refractivity contribution in [3.05, 3.63) is 119 Å². The molecule has 3 aromatic carbocycles. The fourth-order valence-corrected chi connectivity index (χ4v) is 4.61. The predicted octanol–water partition coefficient (Wildman–Crippen LogP) is 4.40. The molecule has 4 rings (SSSR count). The van der Waals surface area contributed by atoms with Crippen molar-refractivity contribution >= 4 is 21.6 Å². The maximum atomic E-state index is 13.0. The third kappa shape index (κ3) is 5.85. The molecule has 0 atom stereocenters. The van der Waals surface area contributed by atoms with Gasteiger partial charge in [0.25, 0.3) is 15.9 Å². The number of methoxy groups -OCH3 is 1. The Morgan fingerprint density at radius 3 is 2.46 bits per heavy atom. The second-order valence-corrected chi connectivity index (χ2v) is 9.61. The molecule has 1 heterocycles. The van der Waals surface area contributed by atoms with Gasteiger partial charge in [-0.1, -0.05) is 54.1 Å². The Hall–Kier alpha value is -4.17. The Morgan fingerprint density at radius 1 is 0.943 bits per heavy atom. The number of pyridine rings is 1. The second kappa shape index (κ2) is 10.4. The summed E-state index contributed by atoms with van der Waals surface area (Å²) in [5, 5.41) is 0. The van der Waals surface area contributed by atoms with Gasteiger partial charge >= 0.3 is 0 Å². The summed E-state index contributed by atoms with van der Waals surface area (Å²) in [7, 11) is -2.50. The van der Waals surface area contributed by atoms with E-state index in [4.69, 9.17) is 4.74 Å². The summed E-state index contributed by atoms with van der Waals surface area (Å²) in [6.45, 7) is 2.57. The number of anilines is 1. The van der Waals surface area contributed by atoms with Crippen LogP contribution in [0.5, 0.6) is 5.75 Å². The minimum atomic E-state index is -3.96. The summed E-state index contributed by atoms with van der Waals surface area (Å²) in [4.78, 5) is 17.2. The highest BCUT2D eigenvalue weighted by atomic mass is 32.2. The van der Waals surface area contributed by atoms with E-state index in [2.05, 4.69) is 9.71 Å². The molecule has 0 aliphatic carbocycles. The normalized spacial score (nSPS) is 11.8. The van der Waals surface area contributed by atoms with Crippen molar-refractivity contribution in [1.29, 1.82) is 0 Å². The van der Waals surface area contributed by atoms with E-state index >= 15 is 0 Å². The standard InChI is InChI=1S/C27H25N3O4S/c1-20-13-15-21(16-14-20)19-30-17-6-5-12-26(30)28-27(31)22-8-7-9-23(18-22)35(32,33)29-24-10-3-4-11-25(24)34-2/h3-18,29H,19H2,1-2H3. The van der Waals surface area contributed by atoms with Crippen molar-refractivity contribution < 1.29 is 17.9 Å². The lowest BCUT2D eigenvalue weighted by atomic mass is 10.1. The average Bonchev–Trinajstić information content (AvgIpc) is 2.87. The number of rotatable bonds is 7. The molecule has 1 aromatic heterocycles. The number of carbonyl (C=O) groups excluding carboxylic acids is 1. The highest BCUT2D eigenvalue weighted by molar-refractivity contribution is 7.92. The number of sulfonamides is 1. The van der Waals surface area contributed by atoms with Crippen LogP contribution < -0.4 is 14.9 Å². The Balaban J connectivity index is 1.62. The van der Waals surface area contributed by atoms with Gasteiger partial charge in [-0.25, -0.2) is 8.42 Å². The van der Waals surface area contributed by atoms with Crippen LogP contribution in [0.2, 0.25) is 0 Å². The number of amides is 1. The number of nitrogens with zero attached hydrogens (tertiary/aromatic N) is 2. The van der Waals surface area contributed by atoms with Gasteiger partial charge in [0.1, 0.15) is 11.2 Å². The summed E-state index contributed by atoms with van der Waals surface area (Å²) >= 11 is 0. The lowest BCUT2D eigenvalue weighted by molar-refractivity contribution is 0.0997. The Labute approximate surface area is 204 Å². The van der Waals surface area contributed by atoms with Crippen LogP contribution in [0.3, 0.4) is 0 Å². The molecule has 4 aromatic rings. The van der Waals surface area contributed by atoms with Crippen molar-refractivity contribution in [3.63, 3.8) is 0 Å². The van der Waals surface area contributed by atoms with Crippen LogP contribution in [-0.2, 0) is 16.6 Å². The first kappa shape index (κ1) is 24.0. The first-order valence-corrected chi connectivity index (χ1v) is 12.4. The molecule has 7 nitrogen and oxygen atoms in total. The smallest absolute Gasteiger partial charge is 0.278 e. The van der Waals surface area contributed by atoms with Gasteiger partial charge in [0, 0.05) is 18.3 Å². The van der Waals surface area contributed by atoms with Crippen LogP contribution >= 0.6 is 0 Å². The van der Waals surface area contributed by atoms with Crippen LogP contribution in [-0.4, -0.2) is 26.0 Å². The summed E-state index contributed by atoms with van der Waals surface area (Å²) in [6, 6.07) is 26.0. The monoisotopic (exact) mass is 487 g/mol. The fraction of sp³-hybridized carbons (Fsp3) is 0.111. The lowest BCUT2D eigenvalue weighted by Crippen LogP contribution is -2.22. The molecule has 0 spiro atoms. The van der Waals surface area contributed by atoms with Crippen LogP contribution in [0, 0.1) is 6.92 Å². The summed E-state index contributed by atoms with van der Waals surface area (Å²) in [5.41, 5.74) is 3.18. The van der Waals surface area contributed by atoms with Gasteiger partial charge in [0.15, 0.2) is 0 Å². The van der Waals surface area contributed by atoms with Crippen molar-refractivity contribution in [2.75, 3.05) is 11.8 Å². The lowest BCUT2D eigenvalue weighted by Gasteiger charge is -2.12. The largest absolute Gasteiger partial charge is 0.495 e. The third-order valence-electron chi connectivity index (χ3n) is 5.35. The molecule has 35 heavy (non-hydrogen) atoms. The van der Waals surface area contributed by atoms with E-state index < -0.39 is 15.9 Å². The number of ether oxygens (including phenoxy) is 1. The van der Waals surface area contributed by atoms with E-state index in [1.165, 1.54) is 30.9 Å². The van der Waals surface area contributed by atoms with Crippen molar-refractivity contribution in [3.8, 4) is 5.75 Å². The maximum Gasteiger partial charge on any atom is 0.278 e. The van der Waals surface area contributed by atoms with E-state index in [1.807, 2.05) is 48.0 Å². The zero-order valence-electron chi connectivity index (χ0n) is 19.4. The minimum Gasteiger partial charge on any atom is -0.495 e. The number of benzene rings is 3. The topological polar surface area (TPSA) is 89.8 Å². The number of hydrogen-bond acceptors (Lipinski definition) is 4. The molecular formula is C27H25N3O4S.